The molecule has 4 fully saturated rings. The standard InChI is InChI=1S/C33H61N/c1-8-25(9-2)20-33(11-4,15-14-27-17-24(7)18-27)21-30-29-13-12-26(10-3)19-28(16-23(5)6)31-22-34(31)32(29)30/h23-32H,8-22H2,1-7H3. The maximum atomic E-state index is 3.03. The molecule has 8 atom stereocenters. The molecule has 0 radical (unpaired) electrons. The van der Waals surface area contributed by atoms with Gasteiger partial charge in [-0.3, -0.25) is 4.90 Å². The Hall–Kier alpha value is -0.0400. The molecule has 198 valence electrons. The van der Waals surface area contributed by atoms with Crippen LogP contribution >= 0.6 is 0 Å². The molecule has 2 saturated heterocycles. The molecule has 8 unspecified atom stereocenters. The monoisotopic (exact) mass is 471 g/mol. The predicted molar refractivity (Wildman–Crippen MR) is 149 cm³/mol. The molecule has 2 saturated carbocycles. The molecule has 1 nitrogen and oxygen atoms in total. The van der Waals surface area contributed by atoms with Gasteiger partial charge in [-0.2, -0.15) is 0 Å². The Bertz CT molecular complexity index is 616. The van der Waals surface area contributed by atoms with Crippen molar-refractivity contribution in [3.05, 3.63) is 0 Å². The van der Waals surface area contributed by atoms with Crippen molar-refractivity contribution in [2.75, 3.05) is 6.54 Å². The van der Waals surface area contributed by atoms with Crippen molar-refractivity contribution in [2.24, 2.45) is 52.8 Å². The van der Waals surface area contributed by atoms with Crippen molar-refractivity contribution in [1.82, 2.24) is 4.90 Å². The summed E-state index contributed by atoms with van der Waals surface area (Å²) in [6.45, 7) is 18.8. The minimum Gasteiger partial charge on any atom is -0.294 e. The summed E-state index contributed by atoms with van der Waals surface area (Å²) >= 11 is 0. The highest BCUT2D eigenvalue weighted by Gasteiger charge is 2.61. The summed E-state index contributed by atoms with van der Waals surface area (Å²) in [7, 11) is 0. The summed E-state index contributed by atoms with van der Waals surface area (Å²) in [5.74, 6) is 7.90. The van der Waals surface area contributed by atoms with Crippen molar-refractivity contribution < 1.29 is 0 Å². The van der Waals surface area contributed by atoms with Crippen LogP contribution in [-0.2, 0) is 0 Å². The Kier molecular flexibility index (Phi) is 9.18. The minimum absolute atomic E-state index is 0.629. The molecule has 0 aromatic rings. The van der Waals surface area contributed by atoms with Crippen molar-refractivity contribution >= 4 is 0 Å². The molecule has 0 N–H and O–H groups in total. The molecule has 0 bridgehead atoms. The summed E-state index contributed by atoms with van der Waals surface area (Å²) < 4.78 is 0. The third-order valence-corrected chi connectivity index (χ3v) is 11.6. The molecule has 4 aliphatic rings. The fourth-order valence-corrected chi connectivity index (χ4v) is 9.12. The van der Waals surface area contributed by atoms with Crippen LogP contribution < -0.4 is 0 Å². The highest BCUT2D eigenvalue weighted by atomic mass is 15.4. The van der Waals surface area contributed by atoms with Crippen LogP contribution in [0.25, 0.3) is 0 Å². The van der Waals surface area contributed by atoms with E-state index in [-0.39, 0.29) is 0 Å². The van der Waals surface area contributed by atoms with Crippen molar-refractivity contribution in [3.8, 4) is 0 Å². The lowest BCUT2D eigenvalue weighted by Crippen LogP contribution is -2.29. The third-order valence-electron chi connectivity index (χ3n) is 11.6. The van der Waals surface area contributed by atoms with Crippen LogP contribution in [0.4, 0.5) is 0 Å². The summed E-state index contributed by atoms with van der Waals surface area (Å²) in [5, 5.41) is 0. The van der Waals surface area contributed by atoms with Gasteiger partial charge < -0.3 is 0 Å². The first-order chi connectivity index (χ1) is 16.3. The third kappa shape index (κ3) is 6.26. The number of rotatable bonds is 13. The second-order valence-corrected chi connectivity index (χ2v) is 14.5. The summed E-state index contributed by atoms with van der Waals surface area (Å²) in [6, 6.07) is 1.91. The first-order valence-electron chi connectivity index (χ1n) is 16.1. The molecule has 1 heteroatoms. The van der Waals surface area contributed by atoms with Crippen LogP contribution in [0.1, 0.15) is 138 Å². The summed E-state index contributed by atoms with van der Waals surface area (Å²) in [6.07, 6.45) is 20.8. The maximum Gasteiger partial charge on any atom is 0.0255 e. The van der Waals surface area contributed by atoms with Crippen molar-refractivity contribution in [2.45, 2.75) is 150 Å². The average molecular weight is 472 g/mol. The first kappa shape index (κ1) is 27.0. The highest BCUT2D eigenvalue weighted by molar-refractivity contribution is 5.14. The minimum atomic E-state index is 0.629. The predicted octanol–water partition coefficient (Wildman–Crippen LogP) is 9.60. The number of nitrogens with zero attached hydrogens (tertiary/aromatic N) is 1. The fraction of sp³-hybridized carbons (Fsp3) is 1.00. The van der Waals surface area contributed by atoms with Crippen LogP contribution in [0.2, 0.25) is 0 Å². The van der Waals surface area contributed by atoms with E-state index in [2.05, 4.69) is 53.4 Å². The second-order valence-electron chi connectivity index (χ2n) is 14.5. The number of fused-ring (bicyclic) bond motifs is 3. The Balaban J connectivity index is 1.45. The largest absolute Gasteiger partial charge is 0.294 e. The van der Waals surface area contributed by atoms with Crippen LogP contribution in [0.5, 0.6) is 0 Å². The van der Waals surface area contributed by atoms with Gasteiger partial charge in [-0.1, -0.05) is 80.6 Å². The molecular weight excluding hydrogens is 410 g/mol. The van der Waals surface area contributed by atoms with E-state index >= 15 is 0 Å². The fourth-order valence-electron chi connectivity index (χ4n) is 9.12. The molecule has 0 amide bonds. The van der Waals surface area contributed by atoms with Gasteiger partial charge in [0.25, 0.3) is 0 Å². The molecule has 34 heavy (non-hydrogen) atoms. The molecular formula is C33H61N. The Labute approximate surface area is 214 Å². The average Bonchev–Trinajstić information content (AvgIpc) is 3.70. The van der Waals surface area contributed by atoms with Crippen LogP contribution in [0.3, 0.4) is 0 Å². The lowest BCUT2D eigenvalue weighted by molar-refractivity contribution is 0.109. The van der Waals surface area contributed by atoms with Gasteiger partial charge in [0, 0.05) is 18.6 Å². The van der Waals surface area contributed by atoms with Gasteiger partial charge in [-0.15, -0.1) is 0 Å². The van der Waals surface area contributed by atoms with Gasteiger partial charge in [0.15, 0.2) is 0 Å². The van der Waals surface area contributed by atoms with Crippen LogP contribution in [-0.4, -0.2) is 23.5 Å². The first-order valence-corrected chi connectivity index (χ1v) is 16.1. The summed E-state index contributed by atoms with van der Waals surface area (Å²) in [5.41, 5.74) is 0.629. The quantitative estimate of drug-likeness (QED) is 0.242. The molecule has 0 aromatic carbocycles. The van der Waals surface area contributed by atoms with Crippen molar-refractivity contribution in [3.63, 3.8) is 0 Å². The normalized spacial score (nSPS) is 41.0. The zero-order chi connectivity index (χ0) is 24.5. The lowest BCUT2D eigenvalue weighted by Gasteiger charge is -2.40. The van der Waals surface area contributed by atoms with E-state index in [1.807, 2.05) is 0 Å². The SMILES string of the molecule is CCC1CCC2C(CC(CC)(CCC3CC(C)C3)CC(CC)CC)C2N2CC2C(CC(C)C)C1. The van der Waals surface area contributed by atoms with E-state index in [1.165, 1.54) is 90.0 Å². The summed E-state index contributed by atoms with van der Waals surface area (Å²) in [4.78, 5) is 3.03. The van der Waals surface area contributed by atoms with E-state index in [1.54, 1.807) is 6.42 Å². The van der Waals surface area contributed by atoms with Gasteiger partial charge in [0.1, 0.15) is 0 Å². The van der Waals surface area contributed by atoms with E-state index in [0.717, 1.165) is 59.4 Å². The number of hydrogen-bond donors (Lipinski definition) is 0. The molecule has 2 aliphatic heterocycles. The van der Waals surface area contributed by atoms with Crippen LogP contribution in [0.15, 0.2) is 0 Å². The van der Waals surface area contributed by atoms with Gasteiger partial charge >= 0.3 is 0 Å². The zero-order valence-electron chi connectivity index (χ0n) is 24.3. The van der Waals surface area contributed by atoms with E-state index in [0.29, 0.717) is 5.41 Å². The van der Waals surface area contributed by atoms with E-state index in [4.69, 9.17) is 0 Å². The van der Waals surface area contributed by atoms with Gasteiger partial charge in [0.2, 0.25) is 0 Å². The molecule has 2 heterocycles. The van der Waals surface area contributed by atoms with Gasteiger partial charge in [-0.05, 0) is 111 Å². The van der Waals surface area contributed by atoms with Gasteiger partial charge in [0.05, 0.1) is 0 Å². The smallest absolute Gasteiger partial charge is 0.0255 e. The molecule has 2 aliphatic carbocycles. The van der Waals surface area contributed by atoms with E-state index < -0.39 is 0 Å². The second kappa shape index (κ2) is 11.6. The van der Waals surface area contributed by atoms with Crippen molar-refractivity contribution in [1.29, 1.82) is 0 Å². The highest BCUT2D eigenvalue weighted by Crippen LogP contribution is 2.60. The molecule has 0 aromatic heterocycles. The van der Waals surface area contributed by atoms with E-state index in [9.17, 15) is 0 Å². The maximum absolute atomic E-state index is 3.03. The molecule has 0 spiro atoms. The molecule has 4 rings (SSSR count). The topological polar surface area (TPSA) is 3.01 Å². The zero-order valence-corrected chi connectivity index (χ0v) is 24.3. The Morgan fingerprint density at radius 2 is 1.68 bits per heavy atom. The lowest BCUT2D eigenvalue weighted by atomic mass is 9.65. The Morgan fingerprint density at radius 1 is 0.941 bits per heavy atom. The van der Waals surface area contributed by atoms with Crippen LogP contribution in [0, 0.1) is 52.8 Å². The Morgan fingerprint density at radius 3 is 2.26 bits per heavy atom. The van der Waals surface area contributed by atoms with Gasteiger partial charge in [-0.25, -0.2) is 0 Å². The number of hydrogen-bond acceptors (Lipinski definition) is 1.